The predicted octanol–water partition coefficient (Wildman–Crippen LogP) is 2.32. The lowest BCUT2D eigenvalue weighted by atomic mass is 9.87. The molecule has 1 aromatic rings. The van der Waals surface area contributed by atoms with E-state index in [9.17, 15) is 10.1 Å². The maximum Gasteiger partial charge on any atom is 0.309 e. The molecule has 1 saturated carbocycles. The number of carbonyl (C=O) groups excluding carboxylic acids is 1. The average molecular weight is 314 g/mol. The van der Waals surface area contributed by atoms with Gasteiger partial charge in [0.1, 0.15) is 11.9 Å². The highest BCUT2D eigenvalue weighted by Crippen LogP contribution is 2.29. The SMILES string of the molecule is N#C[C@@H]1CCCC[C@H]1OC(=O)C1CCN(c2cnccn2)CC1. The summed E-state index contributed by atoms with van der Waals surface area (Å²) in [6.07, 6.45) is 10.2. The maximum atomic E-state index is 12.4. The summed E-state index contributed by atoms with van der Waals surface area (Å²) in [6, 6.07) is 2.29. The van der Waals surface area contributed by atoms with Gasteiger partial charge in [-0.05, 0) is 32.1 Å². The summed E-state index contributed by atoms with van der Waals surface area (Å²) in [4.78, 5) is 22.9. The van der Waals surface area contributed by atoms with E-state index in [0.29, 0.717) is 0 Å². The topological polar surface area (TPSA) is 79.1 Å². The van der Waals surface area contributed by atoms with Crippen molar-refractivity contribution in [2.45, 2.75) is 44.6 Å². The van der Waals surface area contributed by atoms with Crippen molar-refractivity contribution in [1.82, 2.24) is 9.97 Å². The van der Waals surface area contributed by atoms with Gasteiger partial charge in [0.15, 0.2) is 0 Å². The molecule has 1 saturated heterocycles. The zero-order chi connectivity index (χ0) is 16.1. The molecule has 0 bridgehead atoms. The van der Waals surface area contributed by atoms with E-state index >= 15 is 0 Å². The van der Waals surface area contributed by atoms with Crippen LogP contribution < -0.4 is 4.90 Å². The Bertz CT molecular complexity index is 564. The van der Waals surface area contributed by atoms with Crippen LogP contribution in [0.25, 0.3) is 0 Å². The van der Waals surface area contributed by atoms with Gasteiger partial charge in [-0.2, -0.15) is 5.26 Å². The highest BCUT2D eigenvalue weighted by atomic mass is 16.5. The van der Waals surface area contributed by atoms with Crippen molar-refractivity contribution >= 4 is 11.8 Å². The highest BCUT2D eigenvalue weighted by Gasteiger charge is 2.32. The third-order valence-electron chi connectivity index (χ3n) is 4.84. The van der Waals surface area contributed by atoms with Crippen molar-refractivity contribution in [3.8, 4) is 6.07 Å². The van der Waals surface area contributed by atoms with Crippen LogP contribution in [-0.4, -0.2) is 35.1 Å². The smallest absolute Gasteiger partial charge is 0.309 e. The summed E-state index contributed by atoms with van der Waals surface area (Å²) in [5.41, 5.74) is 0. The van der Waals surface area contributed by atoms with Gasteiger partial charge >= 0.3 is 5.97 Å². The molecule has 2 fully saturated rings. The molecular weight excluding hydrogens is 292 g/mol. The minimum absolute atomic E-state index is 0.0656. The van der Waals surface area contributed by atoms with Crippen molar-refractivity contribution in [2.24, 2.45) is 11.8 Å². The Morgan fingerprint density at radius 1 is 1.22 bits per heavy atom. The fourth-order valence-electron chi connectivity index (χ4n) is 3.43. The van der Waals surface area contributed by atoms with E-state index in [1.807, 2.05) is 0 Å². The minimum atomic E-state index is -0.209. The molecule has 1 aliphatic carbocycles. The molecule has 1 aliphatic heterocycles. The Morgan fingerprint density at radius 2 is 2.00 bits per heavy atom. The lowest BCUT2D eigenvalue weighted by molar-refractivity contribution is -0.158. The van der Waals surface area contributed by atoms with Gasteiger partial charge in [-0.3, -0.25) is 9.78 Å². The fourth-order valence-corrected chi connectivity index (χ4v) is 3.43. The van der Waals surface area contributed by atoms with Crippen molar-refractivity contribution in [3.05, 3.63) is 18.6 Å². The Hall–Kier alpha value is -2.16. The Kier molecular flexibility index (Phi) is 5.06. The lowest BCUT2D eigenvalue weighted by Crippen LogP contribution is -2.39. The van der Waals surface area contributed by atoms with E-state index in [-0.39, 0.29) is 23.9 Å². The number of hydrogen-bond donors (Lipinski definition) is 0. The first-order chi connectivity index (χ1) is 11.3. The standard InChI is InChI=1S/C17H22N4O2/c18-11-14-3-1-2-4-15(14)23-17(22)13-5-9-21(10-6-13)16-12-19-7-8-20-16/h7-8,12-15H,1-6,9-10H2/t14-,15+/m0/s1. The highest BCUT2D eigenvalue weighted by molar-refractivity contribution is 5.73. The predicted molar refractivity (Wildman–Crippen MR) is 84.4 cm³/mol. The van der Waals surface area contributed by atoms with Gasteiger partial charge in [-0.1, -0.05) is 6.42 Å². The minimum Gasteiger partial charge on any atom is -0.461 e. The molecule has 0 radical (unpaired) electrons. The van der Waals surface area contributed by atoms with Crippen LogP contribution in [0, 0.1) is 23.2 Å². The number of nitriles is 1. The van der Waals surface area contributed by atoms with Crippen molar-refractivity contribution in [3.63, 3.8) is 0 Å². The van der Waals surface area contributed by atoms with E-state index in [4.69, 9.17) is 4.74 Å². The first-order valence-electron chi connectivity index (χ1n) is 8.39. The van der Waals surface area contributed by atoms with E-state index in [0.717, 1.165) is 57.4 Å². The molecule has 0 N–H and O–H groups in total. The van der Waals surface area contributed by atoms with Crippen molar-refractivity contribution in [2.75, 3.05) is 18.0 Å². The molecule has 122 valence electrons. The van der Waals surface area contributed by atoms with Gasteiger partial charge < -0.3 is 9.64 Å². The van der Waals surface area contributed by atoms with E-state index in [1.165, 1.54) is 0 Å². The van der Waals surface area contributed by atoms with Crippen LogP contribution >= 0.6 is 0 Å². The molecule has 2 heterocycles. The molecule has 6 heteroatoms. The van der Waals surface area contributed by atoms with Crippen LogP contribution in [0.3, 0.4) is 0 Å². The molecule has 1 aromatic heterocycles. The molecule has 2 aliphatic rings. The summed E-state index contributed by atoms with van der Waals surface area (Å²) in [5, 5.41) is 9.18. The second-order valence-electron chi connectivity index (χ2n) is 6.32. The van der Waals surface area contributed by atoms with Crippen molar-refractivity contribution in [1.29, 1.82) is 5.26 Å². The molecule has 23 heavy (non-hydrogen) atoms. The molecule has 0 amide bonds. The number of hydrogen-bond acceptors (Lipinski definition) is 6. The maximum absolute atomic E-state index is 12.4. The third-order valence-corrected chi connectivity index (χ3v) is 4.84. The van der Waals surface area contributed by atoms with Crippen molar-refractivity contribution < 1.29 is 9.53 Å². The Morgan fingerprint density at radius 3 is 2.70 bits per heavy atom. The molecule has 6 nitrogen and oxygen atoms in total. The van der Waals surface area contributed by atoms with Gasteiger partial charge in [0, 0.05) is 25.5 Å². The van der Waals surface area contributed by atoms with Gasteiger partial charge in [0.05, 0.1) is 24.1 Å². The van der Waals surface area contributed by atoms with Gasteiger partial charge in [-0.25, -0.2) is 4.98 Å². The molecular formula is C17H22N4O2. The number of anilines is 1. The number of rotatable bonds is 3. The molecule has 0 aromatic carbocycles. The van der Waals surface area contributed by atoms with Crippen LogP contribution in [-0.2, 0) is 9.53 Å². The zero-order valence-corrected chi connectivity index (χ0v) is 13.2. The normalized spacial score (nSPS) is 25.6. The van der Waals surface area contributed by atoms with Crippen LogP contribution in [0.1, 0.15) is 38.5 Å². The first kappa shape index (κ1) is 15.7. The van der Waals surface area contributed by atoms with Crippen LogP contribution in [0.2, 0.25) is 0 Å². The molecule has 0 spiro atoms. The summed E-state index contributed by atoms with van der Waals surface area (Å²) in [6.45, 7) is 1.57. The largest absolute Gasteiger partial charge is 0.461 e. The summed E-state index contributed by atoms with van der Waals surface area (Å²) in [7, 11) is 0. The summed E-state index contributed by atoms with van der Waals surface area (Å²) < 4.78 is 5.67. The van der Waals surface area contributed by atoms with Gasteiger partial charge in [0.25, 0.3) is 0 Å². The quantitative estimate of drug-likeness (QED) is 0.797. The van der Waals surface area contributed by atoms with Gasteiger partial charge in [0.2, 0.25) is 0 Å². The zero-order valence-electron chi connectivity index (χ0n) is 13.2. The Balaban J connectivity index is 1.51. The average Bonchev–Trinajstić information content (AvgIpc) is 2.63. The number of carbonyl (C=O) groups is 1. The monoisotopic (exact) mass is 314 g/mol. The molecule has 3 rings (SSSR count). The lowest BCUT2D eigenvalue weighted by Gasteiger charge is -2.33. The number of piperidine rings is 1. The fraction of sp³-hybridized carbons (Fsp3) is 0.647. The molecule has 0 unspecified atom stereocenters. The van der Waals surface area contributed by atoms with Crippen LogP contribution in [0.4, 0.5) is 5.82 Å². The second-order valence-corrected chi connectivity index (χ2v) is 6.32. The molecule has 2 atom stereocenters. The summed E-state index contributed by atoms with van der Waals surface area (Å²) in [5.74, 6) is 0.531. The van der Waals surface area contributed by atoms with E-state index < -0.39 is 0 Å². The Labute approximate surface area is 136 Å². The summed E-state index contributed by atoms with van der Waals surface area (Å²) >= 11 is 0. The third kappa shape index (κ3) is 3.79. The number of ether oxygens (including phenoxy) is 1. The van der Waals surface area contributed by atoms with E-state index in [1.54, 1.807) is 18.6 Å². The van der Waals surface area contributed by atoms with Crippen LogP contribution in [0.15, 0.2) is 18.6 Å². The number of esters is 1. The number of aromatic nitrogens is 2. The second kappa shape index (κ2) is 7.40. The first-order valence-corrected chi connectivity index (χ1v) is 8.39. The van der Waals surface area contributed by atoms with Gasteiger partial charge in [-0.15, -0.1) is 0 Å². The van der Waals surface area contributed by atoms with Crippen LogP contribution in [0.5, 0.6) is 0 Å². The van der Waals surface area contributed by atoms with E-state index in [2.05, 4.69) is 20.9 Å². The number of nitrogens with zero attached hydrogens (tertiary/aromatic N) is 4.